The van der Waals surface area contributed by atoms with Gasteiger partial charge in [0.05, 0.1) is 0 Å². The number of furan rings is 1. The van der Waals surface area contributed by atoms with Crippen LogP contribution in [0.5, 0.6) is 0 Å². The summed E-state index contributed by atoms with van der Waals surface area (Å²) in [7, 11) is 0. The van der Waals surface area contributed by atoms with E-state index in [0.717, 1.165) is 20.4 Å². The maximum absolute atomic E-state index is 5.59. The van der Waals surface area contributed by atoms with Gasteiger partial charge in [0.15, 0.2) is 3.77 Å². The highest BCUT2D eigenvalue weighted by Crippen LogP contribution is 2.22. The molecule has 0 aliphatic heterocycles. The molecule has 11 heavy (non-hydrogen) atoms. The molecule has 0 aliphatic carbocycles. The fourth-order valence-corrected chi connectivity index (χ4v) is 1.60. The Morgan fingerprint density at radius 1 is 1.27 bits per heavy atom. The molecule has 0 atom stereocenters. The van der Waals surface area contributed by atoms with Crippen LogP contribution in [0.25, 0.3) is 11.0 Å². The molecule has 0 aliphatic rings. The summed E-state index contributed by atoms with van der Waals surface area (Å²) in [4.78, 5) is 0. The average Bonchev–Trinajstić information content (AvgIpc) is 2.27. The van der Waals surface area contributed by atoms with Crippen molar-refractivity contribution >= 4 is 39.2 Å². The van der Waals surface area contributed by atoms with Crippen molar-refractivity contribution in [3.8, 4) is 0 Å². The number of hydrogen-bond acceptors (Lipinski definition) is 2. The zero-order chi connectivity index (χ0) is 7.84. The van der Waals surface area contributed by atoms with Gasteiger partial charge >= 0.3 is 0 Å². The van der Waals surface area contributed by atoms with E-state index in [2.05, 4.69) is 22.6 Å². The van der Waals surface area contributed by atoms with Crippen LogP contribution in [0.4, 0.5) is 5.69 Å². The molecule has 0 radical (unpaired) electrons. The molecule has 0 saturated carbocycles. The van der Waals surface area contributed by atoms with Gasteiger partial charge in [-0.15, -0.1) is 0 Å². The molecule has 0 unspecified atom stereocenters. The summed E-state index contributed by atoms with van der Waals surface area (Å²) < 4.78 is 6.25. The summed E-state index contributed by atoms with van der Waals surface area (Å²) in [5.74, 6) is 0. The number of hydrogen-bond donors (Lipinski definition) is 1. The normalized spacial score (nSPS) is 10.6. The Hall–Kier alpha value is -0.710. The monoisotopic (exact) mass is 259 g/mol. The molecule has 0 amide bonds. The van der Waals surface area contributed by atoms with Gasteiger partial charge in [0.25, 0.3) is 0 Å². The molecule has 2 N–H and O–H groups in total. The van der Waals surface area contributed by atoms with Gasteiger partial charge in [-0.25, -0.2) is 0 Å². The van der Waals surface area contributed by atoms with Crippen LogP contribution in [0, 0.1) is 3.77 Å². The third kappa shape index (κ3) is 1.20. The molecule has 0 saturated heterocycles. The highest BCUT2D eigenvalue weighted by Gasteiger charge is 1.99. The van der Waals surface area contributed by atoms with Gasteiger partial charge < -0.3 is 10.2 Å². The van der Waals surface area contributed by atoms with E-state index in [1.165, 1.54) is 0 Å². The smallest absolute Gasteiger partial charge is 0.165 e. The number of anilines is 1. The summed E-state index contributed by atoms with van der Waals surface area (Å²) in [6.45, 7) is 0. The Labute approximate surface area is 77.5 Å². The van der Waals surface area contributed by atoms with Crippen molar-refractivity contribution in [3.63, 3.8) is 0 Å². The van der Waals surface area contributed by atoms with Crippen LogP contribution in [-0.2, 0) is 0 Å². The Bertz CT molecular complexity index is 394. The Balaban J connectivity index is 2.82. The molecule has 2 nitrogen and oxygen atoms in total. The first-order chi connectivity index (χ1) is 5.25. The maximum Gasteiger partial charge on any atom is 0.165 e. The SMILES string of the molecule is Nc1ccc2oc(I)cc2c1. The van der Waals surface area contributed by atoms with E-state index in [-0.39, 0.29) is 0 Å². The van der Waals surface area contributed by atoms with E-state index >= 15 is 0 Å². The number of benzene rings is 1. The van der Waals surface area contributed by atoms with Gasteiger partial charge in [0, 0.05) is 11.1 Å². The first-order valence-corrected chi connectivity index (χ1v) is 4.28. The van der Waals surface area contributed by atoms with Crippen LogP contribution in [0.2, 0.25) is 0 Å². The predicted octanol–water partition coefficient (Wildman–Crippen LogP) is 2.62. The van der Waals surface area contributed by atoms with Crippen LogP contribution < -0.4 is 5.73 Å². The molecule has 0 spiro atoms. The highest BCUT2D eigenvalue weighted by molar-refractivity contribution is 14.1. The Morgan fingerprint density at radius 3 is 2.91 bits per heavy atom. The quantitative estimate of drug-likeness (QED) is 0.583. The van der Waals surface area contributed by atoms with E-state index in [1.54, 1.807) is 0 Å². The Kier molecular flexibility index (Phi) is 1.52. The third-order valence-corrected chi connectivity index (χ3v) is 2.04. The van der Waals surface area contributed by atoms with Crippen LogP contribution in [0.15, 0.2) is 28.7 Å². The second kappa shape index (κ2) is 2.41. The average molecular weight is 259 g/mol. The lowest BCUT2D eigenvalue weighted by Crippen LogP contribution is -1.80. The molecule has 2 aromatic rings. The highest BCUT2D eigenvalue weighted by atomic mass is 127. The molecule has 0 bridgehead atoms. The number of halogens is 1. The summed E-state index contributed by atoms with van der Waals surface area (Å²) >= 11 is 2.14. The van der Waals surface area contributed by atoms with E-state index in [1.807, 2.05) is 24.3 Å². The van der Waals surface area contributed by atoms with E-state index < -0.39 is 0 Å². The molecule has 56 valence electrons. The molecular formula is C8H6INO. The summed E-state index contributed by atoms with van der Waals surface area (Å²) in [6.07, 6.45) is 0. The number of nitrogens with two attached hydrogens (primary N) is 1. The maximum atomic E-state index is 5.59. The minimum atomic E-state index is 0.773. The van der Waals surface area contributed by atoms with E-state index in [9.17, 15) is 0 Å². The Morgan fingerprint density at radius 2 is 2.09 bits per heavy atom. The van der Waals surface area contributed by atoms with E-state index in [4.69, 9.17) is 10.2 Å². The van der Waals surface area contributed by atoms with Gasteiger partial charge in [-0.05, 0) is 46.9 Å². The molecule has 1 aromatic carbocycles. The third-order valence-electron chi connectivity index (χ3n) is 1.51. The van der Waals surface area contributed by atoms with Gasteiger partial charge in [-0.3, -0.25) is 0 Å². The number of nitrogen functional groups attached to an aromatic ring is 1. The molecule has 3 heteroatoms. The van der Waals surface area contributed by atoms with Gasteiger partial charge in [-0.1, -0.05) is 0 Å². The molecule has 2 rings (SSSR count). The lowest BCUT2D eigenvalue weighted by Gasteiger charge is -1.89. The van der Waals surface area contributed by atoms with Crippen LogP contribution in [0.1, 0.15) is 0 Å². The second-order valence-corrected chi connectivity index (χ2v) is 3.41. The van der Waals surface area contributed by atoms with Crippen molar-refractivity contribution < 1.29 is 4.42 Å². The first-order valence-electron chi connectivity index (χ1n) is 3.20. The van der Waals surface area contributed by atoms with Crippen LogP contribution in [-0.4, -0.2) is 0 Å². The van der Waals surface area contributed by atoms with Gasteiger partial charge in [0.1, 0.15) is 5.58 Å². The van der Waals surface area contributed by atoms with Gasteiger partial charge in [-0.2, -0.15) is 0 Å². The lowest BCUT2D eigenvalue weighted by molar-refractivity contribution is 0.584. The van der Waals surface area contributed by atoms with E-state index in [0.29, 0.717) is 0 Å². The zero-order valence-corrected chi connectivity index (χ0v) is 7.83. The zero-order valence-electron chi connectivity index (χ0n) is 5.67. The predicted molar refractivity (Wildman–Crippen MR) is 53.3 cm³/mol. The molecule has 0 fully saturated rings. The lowest BCUT2D eigenvalue weighted by atomic mass is 10.2. The standard InChI is InChI=1S/C8H6INO/c9-8-4-5-3-6(10)1-2-7(5)11-8/h1-4H,10H2. The largest absolute Gasteiger partial charge is 0.450 e. The number of rotatable bonds is 0. The minimum Gasteiger partial charge on any atom is -0.450 e. The van der Waals surface area contributed by atoms with Crippen molar-refractivity contribution in [3.05, 3.63) is 28.0 Å². The van der Waals surface area contributed by atoms with Crippen molar-refractivity contribution in [1.82, 2.24) is 0 Å². The van der Waals surface area contributed by atoms with Crippen molar-refractivity contribution in [2.45, 2.75) is 0 Å². The summed E-state index contributed by atoms with van der Waals surface area (Å²) in [5.41, 5.74) is 7.25. The van der Waals surface area contributed by atoms with Crippen LogP contribution in [0.3, 0.4) is 0 Å². The van der Waals surface area contributed by atoms with Crippen molar-refractivity contribution in [1.29, 1.82) is 0 Å². The molecular weight excluding hydrogens is 253 g/mol. The summed E-state index contributed by atoms with van der Waals surface area (Å²) in [5, 5.41) is 1.06. The summed E-state index contributed by atoms with van der Waals surface area (Å²) in [6, 6.07) is 7.59. The topological polar surface area (TPSA) is 39.2 Å². The fourth-order valence-electron chi connectivity index (χ4n) is 1.03. The molecule has 1 aromatic heterocycles. The second-order valence-electron chi connectivity index (χ2n) is 2.35. The minimum absolute atomic E-state index is 0.773. The van der Waals surface area contributed by atoms with Crippen molar-refractivity contribution in [2.75, 3.05) is 5.73 Å². The van der Waals surface area contributed by atoms with Gasteiger partial charge in [0.2, 0.25) is 0 Å². The molecule has 1 heterocycles. The van der Waals surface area contributed by atoms with Crippen molar-refractivity contribution in [2.24, 2.45) is 0 Å². The number of fused-ring (bicyclic) bond motifs is 1. The fraction of sp³-hybridized carbons (Fsp3) is 0. The van der Waals surface area contributed by atoms with Crippen LogP contribution >= 0.6 is 22.6 Å². The first kappa shape index (κ1) is 6.97.